The average Bonchev–Trinajstić information content (AvgIpc) is 2.69. The highest BCUT2D eigenvalue weighted by Gasteiger charge is 2.23. The number of carbonyl (C=O) groups excluding carboxylic acids is 1. The van der Waals surface area contributed by atoms with Gasteiger partial charge in [-0.05, 0) is 25.0 Å². The minimum absolute atomic E-state index is 0.0296. The fourth-order valence-corrected chi connectivity index (χ4v) is 2.93. The van der Waals surface area contributed by atoms with Gasteiger partial charge in [0.05, 0.1) is 0 Å². The number of aliphatic imine (C=N–C) groups is 2. The first-order valence-electron chi connectivity index (χ1n) is 8.88. The number of amides is 1. The van der Waals surface area contributed by atoms with Crippen LogP contribution in [0.2, 0.25) is 0 Å². The number of nitrogens with one attached hydrogen (secondary N) is 1. The zero-order valence-corrected chi connectivity index (χ0v) is 15.3. The average molecular weight is 381 g/mol. The standard InChI is InChI=1S/C18H23N9O/c19-16(28)12-6-8-27(9-7-12)15-10-14(22-11-23-15)25-18(21)26-17(20)24-13-4-2-1-3-5-13/h1-5,10-12H,6-9H2,(H2,19,28)(H5,20,21,22,23,24,25,26). The van der Waals surface area contributed by atoms with Gasteiger partial charge in [0.25, 0.3) is 0 Å². The molecule has 1 aromatic heterocycles. The van der Waals surface area contributed by atoms with Gasteiger partial charge in [0.1, 0.15) is 12.1 Å². The molecule has 3 rings (SSSR count). The van der Waals surface area contributed by atoms with Gasteiger partial charge in [0, 0.05) is 30.8 Å². The number of guanidine groups is 2. The lowest BCUT2D eigenvalue weighted by Crippen LogP contribution is -2.38. The maximum Gasteiger partial charge on any atom is 0.225 e. The quantitative estimate of drug-likeness (QED) is 0.444. The molecule has 0 bridgehead atoms. The molecule has 0 spiro atoms. The highest BCUT2D eigenvalue weighted by atomic mass is 16.1. The Hall–Kier alpha value is -3.69. The largest absolute Gasteiger partial charge is 0.369 e. The molecule has 0 atom stereocenters. The fraction of sp³-hybridized carbons (Fsp3) is 0.278. The number of hydrogen-bond acceptors (Lipinski definition) is 5. The Labute approximate surface area is 162 Å². The van der Waals surface area contributed by atoms with E-state index in [0.29, 0.717) is 37.6 Å². The molecular weight excluding hydrogens is 358 g/mol. The summed E-state index contributed by atoms with van der Waals surface area (Å²) in [5.74, 6) is 0.841. The number of anilines is 2. The normalized spacial score (nSPS) is 16.1. The summed E-state index contributed by atoms with van der Waals surface area (Å²) in [5.41, 5.74) is 17.9. The lowest BCUT2D eigenvalue weighted by molar-refractivity contribution is -0.122. The van der Waals surface area contributed by atoms with Gasteiger partial charge in [-0.15, -0.1) is 0 Å². The predicted molar refractivity (Wildman–Crippen MR) is 109 cm³/mol. The van der Waals surface area contributed by atoms with E-state index in [1.165, 1.54) is 6.33 Å². The van der Waals surface area contributed by atoms with Crippen molar-refractivity contribution in [2.45, 2.75) is 12.8 Å². The summed E-state index contributed by atoms with van der Waals surface area (Å²) in [6.07, 6.45) is 2.81. The number of aromatic nitrogens is 2. The topological polar surface area (TPSA) is 161 Å². The van der Waals surface area contributed by atoms with Gasteiger partial charge in [-0.1, -0.05) is 18.2 Å². The van der Waals surface area contributed by atoms with Crippen LogP contribution in [0.3, 0.4) is 0 Å². The number of piperidine rings is 1. The molecule has 10 heteroatoms. The van der Waals surface area contributed by atoms with E-state index < -0.39 is 0 Å². The third-order valence-corrected chi connectivity index (χ3v) is 4.37. The molecule has 10 nitrogen and oxygen atoms in total. The number of nitrogens with two attached hydrogens (primary N) is 3. The molecule has 0 saturated carbocycles. The van der Waals surface area contributed by atoms with E-state index in [1.807, 2.05) is 30.3 Å². The zero-order valence-electron chi connectivity index (χ0n) is 15.3. The summed E-state index contributed by atoms with van der Waals surface area (Å²) in [6, 6.07) is 11.1. The van der Waals surface area contributed by atoms with Crippen molar-refractivity contribution in [3.63, 3.8) is 0 Å². The molecule has 1 saturated heterocycles. The van der Waals surface area contributed by atoms with Crippen molar-refractivity contribution in [2.24, 2.45) is 33.1 Å². The summed E-state index contributed by atoms with van der Waals surface area (Å²) in [4.78, 5) is 29.9. The van der Waals surface area contributed by atoms with E-state index in [2.05, 4.69) is 30.2 Å². The van der Waals surface area contributed by atoms with Crippen molar-refractivity contribution in [2.75, 3.05) is 23.3 Å². The van der Waals surface area contributed by atoms with Crippen molar-refractivity contribution in [1.29, 1.82) is 0 Å². The highest BCUT2D eigenvalue weighted by molar-refractivity contribution is 6.01. The number of primary amides is 1. The van der Waals surface area contributed by atoms with Crippen molar-refractivity contribution >= 4 is 35.1 Å². The Morgan fingerprint density at radius 2 is 1.82 bits per heavy atom. The number of carbonyl (C=O) groups is 1. The second kappa shape index (κ2) is 8.80. The molecule has 1 aromatic carbocycles. The highest BCUT2D eigenvalue weighted by Crippen LogP contribution is 2.23. The molecule has 0 aliphatic carbocycles. The van der Waals surface area contributed by atoms with Gasteiger partial charge < -0.3 is 27.4 Å². The summed E-state index contributed by atoms with van der Waals surface area (Å²) >= 11 is 0. The first-order chi connectivity index (χ1) is 13.5. The number of rotatable bonds is 4. The predicted octanol–water partition coefficient (Wildman–Crippen LogP) is 0.551. The van der Waals surface area contributed by atoms with Gasteiger partial charge in [-0.2, -0.15) is 9.98 Å². The maximum atomic E-state index is 11.3. The van der Waals surface area contributed by atoms with E-state index in [-0.39, 0.29) is 23.7 Å². The minimum Gasteiger partial charge on any atom is -0.369 e. The molecule has 1 amide bonds. The fourth-order valence-electron chi connectivity index (χ4n) is 2.93. The molecule has 7 N–H and O–H groups in total. The number of nitrogens with zero attached hydrogens (tertiary/aromatic N) is 5. The monoisotopic (exact) mass is 381 g/mol. The first kappa shape index (κ1) is 19.1. The number of benzene rings is 1. The van der Waals surface area contributed by atoms with Crippen LogP contribution in [0.25, 0.3) is 0 Å². The molecule has 2 heterocycles. The molecule has 28 heavy (non-hydrogen) atoms. The van der Waals surface area contributed by atoms with Gasteiger partial charge >= 0.3 is 0 Å². The van der Waals surface area contributed by atoms with Gasteiger partial charge in [-0.25, -0.2) is 9.97 Å². The van der Waals surface area contributed by atoms with Crippen molar-refractivity contribution in [1.82, 2.24) is 9.97 Å². The van der Waals surface area contributed by atoms with Crippen LogP contribution in [0.4, 0.5) is 17.3 Å². The van der Waals surface area contributed by atoms with Crippen molar-refractivity contribution in [3.8, 4) is 0 Å². The van der Waals surface area contributed by atoms with Crippen LogP contribution in [0, 0.1) is 5.92 Å². The SMILES string of the molecule is NC(=O)C1CCN(c2cc(N=C(N)N=C(N)Nc3ccccc3)ncn2)CC1. The van der Waals surface area contributed by atoms with Crippen LogP contribution in [0.15, 0.2) is 52.7 Å². The van der Waals surface area contributed by atoms with Crippen molar-refractivity contribution in [3.05, 3.63) is 42.7 Å². The van der Waals surface area contributed by atoms with Gasteiger partial charge in [0.2, 0.25) is 17.8 Å². The van der Waals surface area contributed by atoms with Gasteiger partial charge in [-0.3, -0.25) is 4.79 Å². The molecule has 2 aromatic rings. The number of para-hydroxylation sites is 1. The molecule has 0 unspecified atom stereocenters. The summed E-state index contributed by atoms with van der Waals surface area (Å²) in [6.45, 7) is 1.38. The second-order valence-electron chi connectivity index (χ2n) is 6.36. The lowest BCUT2D eigenvalue weighted by atomic mass is 9.96. The molecule has 1 aliphatic rings. The zero-order chi connectivity index (χ0) is 19.9. The Kier molecular flexibility index (Phi) is 6.00. The summed E-state index contributed by atoms with van der Waals surface area (Å²) in [7, 11) is 0. The van der Waals surface area contributed by atoms with Crippen LogP contribution in [0.5, 0.6) is 0 Å². The van der Waals surface area contributed by atoms with Crippen LogP contribution >= 0.6 is 0 Å². The third-order valence-electron chi connectivity index (χ3n) is 4.37. The molecule has 1 aliphatic heterocycles. The Balaban J connectivity index is 1.66. The minimum atomic E-state index is -0.250. The van der Waals surface area contributed by atoms with Gasteiger partial charge in [0.15, 0.2) is 5.82 Å². The van der Waals surface area contributed by atoms with E-state index in [4.69, 9.17) is 17.2 Å². The molecule has 146 valence electrons. The van der Waals surface area contributed by atoms with E-state index >= 15 is 0 Å². The van der Waals surface area contributed by atoms with Crippen molar-refractivity contribution < 1.29 is 4.79 Å². The Morgan fingerprint density at radius 1 is 1.11 bits per heavy atom. The molecular formula is C18H23N9O. The lowest BCUT2D eigenvalue weighted by Gasteiger charge is -2.31. The smallest absolute Gasteiger partial charge is 0.225 e. The number of hydrogen-bond donors (Lipinski definition) is 4. The summed E-state index contributed by atoms with van der Waals surface area (Å²) in [5, 5.41) is 2.92. The molecule has 1 fully saturated rings. The Bertz CT molecular complexity index is 874. The molecule has 0 radical (unpaired) electrons. The second-order valence-corrected chi connectivity index (χ2v) is 6.36. The van der Waals surface area contributed by atoms with Crippen LogP contribution in [0.1, 0.15) is 12.8 Å². The summed E-state index contributed by atoms with van der Waals surface area (Å²) < 4.78 is 0. The van der Waals surface area contributed by atoms with Crippen LogP contribution in [-0.2, 0) is 4.79 Å². The van der Waals surface area contributed by atoms with Crippen LogP contribution < -0.4 is 27.4 Å². The van der Waals surface area contributed by atoms with E-state index in [9.17, 15) is 4.79 Å². The third kappa shape index (κ3) is 5.16. The maximum absolute atomic E-state index is 11.3. The van der Waals surface area contributed by atoms with Crippen LogP contribution in [-0.4, -0.2) is 40.9 Å². The Morgan fingerprint density at radius 3 is 2.50 bits per heavy atom. The first-order valence-corrected chi connectivity index (χ1v) is 8.88. The van der Waals surface area contributed by atoms with E-state index in [0.717, 1.165) is 5.69 Å². The van der Waals surface area contributed by atoms with E-state index in [1.54, 1.807) is 6.07 Å².